The van der Waals surface area contributed by atoms with E-state index in [1.54, 1.807) is 0 Å². The van der Waals surface area contributed by atoms with Crippen LogP contribution in [0.4, 0.5) is 0 Å². The third kappa shape index (κ3) is 3.98. The second-order valence-electron chi connectivity index (χ2n) is 3.51. The quantitative estimate of drug-likeness (QED) is 0.606. The number of carbonyl (C=O) groups is 2. The van der Waals surface area contributed by atoms with Gasteiger partial charge in [0.15, 0.2) is 0 Å². The third-order valence-corrected chi connectivity index (χ3v) is 2.12. The van der Waals surface area contributed by atoms with E-state index in [1.165, 1.54) is 11.9 Å². The second-order valence-corrected chi connectivity index (χ2v) is 3.51. The molecule has 1 amide bonds. The SMILES string of the molecule is CN(Cc1ccccc1)C(=O)/C=C(\O)C(=O)O. The normalized spacial score (nSPS) is 11.0. The molecule has 0 atom stereocenters. The molecule has 0 aliphatic heterocycles. The molecule has 17 heavy (non-hydrogen) atoms. The van der Waals surface area contributed by atoms with Crippen LogP contribution in [0.1, 0.15) is 5.56 Å². The number of carboxylic acid groups (broad SMARTS) is 1. The average molecular weight is 235 g/mol. The van der Waals surface area contributed by atoms with Gasteiger partial charge in [0.05, 0.1) is 6.08 Å². The van der Waals surface area contributed by atoms with E-state index in [0.29, 0.717) is 12.6 Å². The number of carboxylic acids is 1. The van der Waals surface area contributed by atoms with Crippen molar-refractivity contribution in [1.29, 1.82) is 0 Å². The molecule has 0 aromatic heterocycles. The maximum atomic E-state index is 11.5. The maximum Gasteiger partial charge on any atom is 0.371 e. The minimum atomic E-state index is -1.52. The first-order valence-corrected chi connectivity index (χ1v) is 4.93. The number of amides is 1. The number of aliphatic hydroxyl groups is 1. The van der Waals surface area contributed by atoms with Gasteiger partial charge in [-0.05, 0) is 5.56 Å². The van der Waals surface area contributed by atoms with Gasteiger partial charge in [-0.3, -0.25) is 4.79 Å². The number of aliphatic hydroxyl groups excluding tert-OH is 1. The van der Waals surface area contributed by atoms with Crippen LogP contribution in [0.25, 0.3) is 0 Å². The summed E-state index contributed by atoms with van der Waals surface area (Å²) >= 11 is 0. The van der Waals surface area contributed by atoms with Crippen molar-refractivity contribution in [3.8, 4) is 0 Å². The number of hydrogen-bond donors (Lipinski definition) is 2. The zero-order chi connectivity index (χ0) is 12.8. The van der Waals surface area contributed by atoms with Crippen molar-refractivity contribution in [2.45, 2.75) is 6.54 Å². The fraction of sp³-hybridized carbons (Fsp3) is 0.167. The summed E-state index contributed by atoms with van der Waals surface area (Å²) in [7, 11) is 1.53. The Balaban J connectivity index is 2.66. The summed E-state index contributed by atoms with van der Waals surface area (Å²) in [5.74, 6) is -3.05. The summed E-state index contributed by atoms with van der Waals surface area (Å²) in [6, 6.07) is 9.26. The first kappa shape index (κ1) is 12.8. The number of rotatable bonds is 4. The van der Waals surface area contributed by atoms with E-state index in [1.807, 2.05) is 30.3 Å². The van der Waals surface area contributed by atoms with E-state index in [9.17, 15) is 9.59 Å². The van der Waals surface area contributed by atoms with Gasteiger partial charge in [0.25, 0.3) is 5.91 Å². The molecule has 0 radical (unpaired) electrons. The third-order valence-electron chi connectivity index (χ3n) is 2.12. The molecule has 1 aromatic rings. The number of hydrogen-bond acceptors (Lipinski definition) is 3. The van der Waals surface area contributed by atoms with E-state index >= 15 is 0 Å². The summed E-state index contributed by atoms with van der Waals surface area (Å²) < 4.78 is 0. The van der Waals surface area contributed by atoms with E-state index in [4.69, 9.17) is 10.2 Å². The van der Waals surface area contributed by atoms with Crippen molar-refractivity contribution in [2.75, 3.05) is 7.05 Å². The van der Waals surface area contributed by atoms with Crippen LogP contribution < -0.4 is 0 Å². The van der Waals surface area contributed by atoms with Crippen molar-refractivity contribution in [3.63, 3.8) is 0 Å². The zero-order valence-corrected chi connectivity index (χ0v) is 9.33. The molecule has 0 unspecified atom stereocenters. The summed E-state index contributed by atoms with van der Waals surface area (Å²) in [5.41, 5.74) is 0.923. The van der Waals surface area contributed by atoms with Crippen LogP contribution in [0.5, 0.6) is 0 Å². The fourth-order valence-electron chi connectivity index (χ4n) is 1.22. The molecule has 90 valence electrons. The largest absolute Gasteiger partial charge is 0.502 e. The van der Waals surface area contributed by atoms with E-state index < -0.39 is 17.6 Å². The molecule has 0 saturated heterocycles. The molecule has 0 aliphatic rings. The zero-order valence-electron chi connectivity index (χ0n) is 9.33. The van der Waals surface area contributed by atoms with Gasteiger partial charge in [-0.15, -0.1) is 0 Å². The van der Waals surface area contributed by atoms with Gasteiger partial charge >= 0.3 is 5.97 Å². The smallest absolute Gasteiger partial charge is 0.371 e. The lowest BCUT2D eigenvalue weighted by atomic mass is 10.2. The second kappa shape index (κ2) is 5.69. The van der Waals surface area contributed by atoms with Gasteiger partial charge in [0.1, 0.15) is 0 Å². The van der Waals surface area contributed by atoms with Crippen molar-refractivity contribution in [2.24, 2.45) is 0 Å². The number of benzene rings is 1. The molecule has 0 aliphatic carbocycles. The Morgan fingerprint density at radius 1 is 1.24 bits per heavy atom. The Morgan fingerprint density at radius 2 is 1.82 bits per heavy atom. The number of aliphatic carboxylic acids is 1. The predicted octanol–water partition coefficient (Wildman–Crippen LogP) is 1.17. The maximum absolute atomic E-state index is 11.5. The van der Waals surface area contributed by atoms with Gasteiger partial charge in [-0.1, -0.05) is 30.3 Å². The topological polar surface area (TPSA) is 77.8 Å². The van der Waals surface area contributed by atoms with Crippen LogP contribution in [0, 0.1) is 0 Å². The Kier molecular flexibility index (Phi) is 4.28. The average Bonchev–Trinajstić information content (AvgIpc) is 2.29. The molecule has 0 spiro atoms. The molecule has 0 heterocycles. The van der Waals surface area contributed by atoms with E-state index in [0.717, 1.165) is 5.56 Å². The molecule has 1 rings (SSSR count). The van der Waals surface area contributed by atoms with Crippen LogP contribution >= 0.6 is 0 Å². The predicted molar refractivity (Wildman–Crippen MR) is 61.3 cm³/mol. The molecular weight excluding hydrogens is 222 g/mol. The van der Waals surface area contributed by atoms with Crippen LogP contribution in [0.15, 0.2) is 42.2 Å². The molecule has 5 nitrogen and oxygen atoms in total. The molecule has 0 fully saturated rings. The van der Waals surface area contributed by atoms with Gasteiger partial charge < -0.3 is 15.1 Å². The Bertz CT molecular complexity index is 439. The van der Waals surface area contributed by atoms with Gasteiger partial charge in [0, 0.05) is 13.6 Å². The number of carbonyl (C=O) groups excluding carboxylic acids is 1. The lowest BCUT2D eigenvalue weighted by Gasteiger charge is -2.14. The van der Waals surface area contributed by atoms with Gasteiger partial charge in [-0.25, -0.2) is 4.79 Å². The van der Waals surface area contributed by atoms with Crippen LogP contribution in [0.2, 0.25) is 0 Å². The van der Waals surface area contributed by atoms with Crippen molar-refractivity contribution < 1.29 is 19.8 Å². The van der Waals surface area contributed by atoms with Gasteiger partial charge in [0.2, 0.25) is 5.76 Å². The first-order chi connectivity index (χ1) is 8.00. The lowest BCUT2D eigenvalue weighted by molar-refractivity contribution is -0.136. The molecule has 0 saturated carbocycles. The van der Waals surface area contributed by atoms with Crippen molar-refractivity contribution in [1.82, 2.24) is 4.90 Å². The molecule has 0 bridgehead atoms. The highest BCUT2D eigenvalue weighted by atomic mass is 16.4. The monoisotopic (exact) mass is 235 g/mol. The lowest BCUT2D eigenvalue weighted by Crippen LogP contribution is -2.25. The Morgan fingerprint density at radius 3 is 2.35 bits per heavy atom. The van der Waals surface area contributed by atoms with Crippen LogP contribution in [-0.2, 0) is 16.1 Å². The van der Waals surface area contributed by atoms with Crippen LogP contribution in [-0.4, -0.2) is 34.0 Å². The minimum Gasteiger partial charge on any atom is -0.502 e. The van der Waals surface area contributed by atoms with Crippen molar-refractivity contribution >= 4 is 11.9 Å². The minimum absolute atomic E-state index is 0.350. The summed E-state index contributed by atoms with van der Waals surface area (Å²) in [6.07, 6.45) is 0.686. The Hall–Kier alpha value is -2.30. The highest BCUT2D eigenvalue weighted by molar-refractivity contribution is 5.95. The first-order valence-electron chi connectivity index (χ1n) is 4.93. The summed E-state index contributed by atoms with van der Waals surface area (Å²) in [4.78, 5) is 23.1. The van der Waals surface area contributed by atoms with Gasteiger partial charge in [-0.2, -0.15) is 0 Å². The van der Waals surface area contributed by atoms with Crippen LogP contribution in [0.3, 0.4) is 0 Å². The number of nitrogens with zero attached hydrogens (tertiary/aromatic N) is 1. The van der Waals surface area contributed by atoms with E-state index in [2.05, 4.69) is 0 Å². The standard InChI is InChI=1S/C12H13NO4/c1-13(8-9-5-3-2-4-6-9)11(15)7-10(14)12(16)17/h2-7,14H,8H2,1H3,(H,16,17)/b10-7-. The molecule has 2 N–H and O–H groups in total. The fourth-order valence-corrected chi connectivity index (χ4v) is 1.22. The highest BCUT2D eigenvalue weighted by Crippen LogP contribution is 2.03. The van der Waals surface area contributed by atoms with E-state index in [-0.39, 0.29) is 0 Å². The molecular formula is C12H13NO4. The molecule has 5 heteroatoms. The van der Waals surface area contributed by atoms with Crippen molar-refractivity contribution in [3.05, 3.63) is 47.7 Å². The Labute approximate surface area is 98.6 Å². The number of likely N-dealkylation sites (N-methyl/N-ethyl adjacent to an activating group) is 1. The summed E-state index contributed by atoms with van der Waals surface area (Å²) in [6.45, 7) is 0.350. The highest BCUT2D eigenvalue weighted by Gasteiger charge is 2.11. The molecule has 1 aromatic carbocycles. The summed E-state index contributed by atoms with van der Waals surface area (Å²) in [5, 5.41) is 17.3.